The van der Waals surface area contributed by atoms with E-state index in [4.69, 9.17) is 16.6 Å². The minimum atomic E-state index is -1.99. The normalized spacial score (nSPS) is 24.0. The molecule has 61 heavy (non-hydrogen) atoms. The number of Topliss-reactive ketones (excluding diaryl/α,β-unsaturated/α-hetero) is 1. The number of halogens is 1. The van der Waals surface area contributed by atoms with Crippen LogP contribution in [0.2, 0.25) is 0 Å². The summed E-state index contributed by atoms with van der Waals surface area (Å²) in [6, 6.07) is 2.74. The number of hydrogen-bond donors (Lipinski definition) is 5. The molecule has 22 heteroatoms. The predicted octanol–water partition coefficient (Wildman–Crippen LogP) is 1.31. The zero-order valence-corrected chi connectivity index (χ0v) is 37.2. The van der Waals surface area contributed by atoms with Gasteiger partial charge in [-0.2, -0.15) is 0 Å². The van der Waals surface area contributed by atoms with Crippen LogP contribution in [0.5, 0.6) is 0 Å². The summed E-state index contributed by atoms with van der Waals surface area (Å²) in [5, 5.41) is 28.2. The number of amides is 1. The van der Waals surface area contributed by atoms with Crippen LogP contribution in [0.15, 0.2) is 76.6 Å². The summed E-state index contributed by atoms with van der Waals surface area (Å²) in [7, 11) is 4.28. The molecule has 0 radical (unpaired) electrons. The number of allylic oxidation sites excluding steroid dienone is 6. The van der Waals surface area contributed by atoms with E-state index in [0.717, 1.165) is 28.2 Å². The van der Waals surface area contributed by atoms with Crippen molar-refractivity contribution >= 4 is 88.5 Å². The summed E-state index contributed by atoms with van der Waals surface area (Å²) in [5.41, 5.74) is 2.03. The van der Waals surface area contributed by atoms with Gasteiger partial charge in [0, 0.05) is 55.4 Å². The van der Waals surface area contributed by atoms with Crippen molar-refractivity contribution < 1.29 is 24.2 Å². The van der Waals surface area contributed by atoms with Crippen LogP contribution in [0, 0.1) is 47.8 Å². The number of aryl methyl sites for hydroxylation is 2. The first-order valence-corrected chi connectivity index (χ1v) is 20.1. The number of methoxy groups -OCH3 is 1. The number of carbonyl (C=O) groups is 3. The SMILES string of the molecule is CC(C)C(=N)N.COC(=O)C(=O)C1=NSC2C=CC(n3c(=O)cc(C)n(C)c3=O)=CC12.Cc1cc(=O)n(C2=CC3C(C4(O)C(=O)NC(=N)C4(C)C)=NSC3C=C2)c(=O)n1C.Cl. The summed E-state index contributed by atoms with van der Waals surface area (Å²) < 4.78 is 17.7. The molecule has 2 aliphatic carbocycles. The van der Waals surface area contributed by atoms with Gasteiger partial charge in [-0.3, -0.25) is 30.0 Å². The molecule has 326 valence electrons. The third kappa shape index (κ3) is 8.64. The summed E-state index contributed by atoms with van der Waals surface area (Å²) in [5.74, 6) is -3.13. The van der Waals surface area contributed by atoms with Crippen molar-refractivity contribution in [2.75, 3.05) is 7.11 Å². The number of carbonyl (C=O) groups excluding carboxylic acids is 3. The van der Waals surface area contributed by atoms with Crippen molar-refractivity contribution in [3.05, 3.63) is 102 Å². The lowest BCUT2D eigenvalue weighted by atomic mass is 9.69. The Labute approximate surface area is 364 Å². The quantitative estimate of drug-likeness (QED) is 0.0903. The topological polar surface area (TPSA) is 279 Å². The molecule has 1 fully saturated rings. The molecule has 5 atom stereocenters. The van der Waals surface area contributed by atoms with Gasteiger partial charge in [0.05, 0.1) is 46.0 Å². The smallest absolute Gasteiger partial charge is 0.380 e. The van der Waals surface area contributed by atoms with Crippen LogP contribution in [-0.2, 0) is 33.2 Å². The lowest BCUT2D eigenvalue weighted by Crippen LogP contribution is -2.56. The first-order valence-electron chi connectivity index (χ1n) is 18.5. The van der Waals surface area contributed by atoms with Crippen molar-refractivity contribution in [2.24, 2.45) is 51.8 Å². The molecule has 0 aromatic carbocycles. The molecule has 7 rings (SSSR count). The molecule has 19 nitrogen and oxygen atoms in total. The van der Waals surface area contributed by atoms with E-state index in [2.05, 4.69) is 18.8 Å². The van der Waals surface area contributed by atoms with Gasteiger partial charge in [0.25, 0.3) is 22.8 Å². The Morgan fingerprint density at radius 1 is 0.885 bits per heavy atom. The maximum atomic E-state index is 12.7. The molecule has 0 bridgehead atoms. The number of fused-ring (bicyclic) bond motifs is 2. The summed E-state index contributed by atoms with van der Waals surface area (Å²) in [4.78, 5) is 86.1. The van der Waals surface area contributed by atoms with E-state index >= 15 is 0 Å². The monoisotopic (exact) mass is 898 g/mol. The molecule has 5 aliphatic rings. The largest absolute Gasteiger partial charge is 0.463 e. The number of nitrogens with two attached hydrogens (primary N) is 1. The van der Waals surface area contributed by atoms with Gasteiger partial charge in [0.2, 0.25) is 0 Å². The Bertz CT molecular complexity index is 2670. The van der Waals surface area contributed by atoms with Crippen LogP contribution in [0.1, 0.15) is 39.1 Å². The Kier molecular flexibility index (Phi) is 14.3. The van der Waals surface area contributed by atoms with E-state index in [1.807, 2.05) is 13.8 Å². The van der Waals surface area contributed by atoms with Gasteiger partial charge in [-0.15, -0.1) is 12.4 Å². The molecule has 6 N–H and O–H groups in total. The minimum Gasteiger partial charge on any atom is -0.463 e. The molecule has 1 saturated heterocycles. The van der Waals surface area contributed by atoms with E-state index in [9.17, 15) is 38.7 Å². The lowest BCUT2D eigenvalue weighted by Gasteiger charge is -2.35. The summed E-state index contributed by atoms with van der Waals surface area (Å²) in [6.45, 7) is 10.3. The van der Waals surface area contributed by atoms with Crippen molar-refractivity contribution in [2.45, 2.75) is 57.6 Å². The summed E-state index contributed by atoms with van der Waals surface area (Å²) in [6.07, 6.45) is 10.2. The second kappa shape index (κ2) is 18.1. The van der Waals surface area contributed by atoms with E-state index < -0.39 is 63.0 Å². The fourth-order valence-electron chi connectivity index (χ4n) is 6.53. The molecule has 5 heterocycles. The maximum Gasteiger partial charge on any atom is 0.380 e. The number of aliphatic hydroxyl groups is 1. The molecule has 2 aromatic heterocycles. The number of nitrogens with one attached hydrogen (secondary N) is 3. The number of ether oxygens (including phenoxy) is 1. The number of rotatable bonds is 6. The summed E-state index contributed by atoms with van der Waals surface area (Å²) >= 11 is 2.37. The van der Waals surface area contributed by atoms with Crippen molar-refractivity contribution in [1.82, 2.24) is 23.6 Å². The standard InChI is InChI=1S/C19H21N5O4S.C16H15N3O5S.C4H10N2.ClH/c1-9-7-13(25)24(17(27)23(9)4)10-5-6-12-11(8-10)14(22-29-12)19(28)16(26)21-15(20)18(19,2)3;1-8-6-12(20)19(16(23)18(8)2)9-4-5-11-10(7-9)13(17-25-11)14(21)15(22)24-3;1-3(2)4(5)6;/h5-8,11-12,28H,1-4H3,(H2,20,21,26);4-7,10-11H,1-3H3;3H,1-2H3,(H3,5,6);1H. The second-order valence-electron chi connectivity index (χ2n) is 15.2. The molecule has 3 aliphatic heterocycles. The number of aromatic nitrogens is 4. The zero-order valence-electron chi connectivity index (χ0n) is 34.7. The average Bonchev–Trinajstić information content (AvgIpc) is 3.86. The molecular weight excluding hydrogens is 852 g/mol. The third-order valence-corrected chi connectivity index (χ3v) is 12.8. The van der Waals surface area contributed by atoms with Crippen LogP contribution in [-0.4, -0.2) is 87.3 Å². The maximum absolute atomic E-state index is 12.7. The highest BCUT2D eigenvalue weighted by Gasteiger charge is 2.64. The van der Waals surface area contributed by atoms with Crippen molar-refractivity contribution in [3.8, 4) is 0 Å². The van der Waals surface area contributed by atoms with Crippen molar-refractivity contribution in [3.63, 3.8) is 0 Å². The van der Waals surface area contributed by atoms with E-state index in [-0.39, 0.29) is 51.9 Å². The lowest BCUT2D eigenvalue weighted by molar-refractivity contribution is -0.148. The van der Waals surface area contributed by atoms with Crippen LogP contribution in [0.25, 0.3) is 11.4 Å². The van der Waals surface area contributed by atoms with Gasteiger partial charge in [-0.25, -0.2) is 32.3 Å². The van der Waals surface area contributed by atoms with E-state index in [1.165, 1.54) is 33.2 Å². The number of esters is 1. The molecule has 5 unspecified atom stereocenters. The van der Waals surface area contributed by atoms with Gasteiger partial charge < -0.3 is 30.0 Å². The van der Waals surface area contributed by atoms with Gasteiger partial charge in [-0.05, 0) is 75.9 Å². The molecule has 0 spiro atoms. The molecule has 0 saturated carbocycles. The minimum absolute atomic E-state index is 0. The third-order valence-electron chi connectivity index (χ3n) is 10.8. The van der Waals surface area contributed by atoms with Crippen LogP contribution < -0.4 is 33.5 Å². The fourth-order valence-corrected chi connectivity index (χ4v) is 8.43. The Morgan fingerprint density at radius 3 is 1.75 bits per heavy atom. The van der Waals surface area contributed by atoms with Crippen LogP contribution in [0.3, 0.4) is 0 Å². The average molecular weight is 899 g/mol. The number of nitrogens with zero attached hydrogens (tertiary/aromatic N) is 6. The van der Waals surface area contributed by atoms with Gasteiger partial charge in [-0.1, -0.05) is 26.0 Å². The van der Waals surface area contributed by atoms with Crippen molar-refractivity contribution in [1.29, 1.82) is 10.8 Å². The number of ketones is 1. The van der Waals surface area contributed by atoms with Crippen LogP contribution in [0.4, 0.5) is 0 Å². The number of hydrogen-bond acceptors (Lipinski definition) is 15. The Hall–Kier alpha value is -5.64. The first kappa shape index (κ1) is 48.0. The Balaban J connectivity index is 0.000000236. The highest BCUT2D eigenvalue weighted by molar-refractivity contribution is 7.99. The highest BCUT2D eigenvalue weighted by Crippen LogP contribution is 2.47. The van der Waals surface area contributed by atoms with Crippen LogP contribution >= 0.6 is 36.3 Å². The fraction of sp³-hybridized carbons (Fsp3) is 0.410. The molecule has 1 amide bonds. The van der Waals surface area contributed by atoms with Gasteiger partial charge >= 0.3 is 17.3 Å². The first-order chi connectivity index (χ1) is 28.0. The van der Waals surface area contributed by atoms with Gasteiger partial charge in [0.15, 0.2) is 5.60 Å². The molecule has 2 aromatic rings. The van der Waals surface area contributed by atoms with Gasteiger partial charge in [0.1, 0.15) is 11.5 Å². The molecular formula is C39H47ClN10O9S2. The van der Waals surface area contributed by atoms with E-state index in [1.54, 1.807) is 78.2 Å². The zero-order chi connectivity index (χ0) is 44.8. The second-order valence-corrected chi connectivity index (χ2v) is 17.1. The Morgan fingerprint density at radius 2 is 1.33 bits per heavy atom. The highest BCUT2D eigenvalue weighted by atomic mass is 35.5. The van der Waals surface area contributed by atoms with E-state index in [0.29, 0.717) is 22.8 Å². The number of amidine groups is 2. The predicted molar refractivity (Wildman–Crippen MR) is 238 cm³/mol.